The lowest BCUT2D eigenvalue weighted by atomic mass is 10.2. The predicted molar refractivity (Wildman–Crippen MR) is 65.4 cm³/mol. The Morgan fingerprint density at radius 2 is 2.25 bits per heavy atom. The molecule has 0 fully saturated rings. The maximum atomic E-state index is 5.01. The lowest BCUT2D eigenvalue weighted by molar-refractivity contribution is 0.192. The van der Waals surface area contributed by atoms with Gasteiger partial charge in [0.15, 0.2) is 0 Å². The summed E-state index contributed by atoms with van der Waals surface area (Å²) in [6.45, 7) is 4.10. The van der Waals surface area contributed by atoms with Gasteiger partial charge in [-0.05, 0) is 32.7 Å². The molecular formula is C12H23N3O. The van der Waals surface area contributed by atoms with Crippen molar-refractivity contribution in [2.24, 2.45) is 7.05 Å². The SMILES string of the molecule is COCCCCCNC(C)c1cnn(C)c1. The summed E-state index contributed by atoms with van der Waals surface area (Å²) in [5, 5.41) is 7.66. The van der Waals surface area contributed by atoms with E-state index in [0.29, 0.717) is 6.04 Å². The van der Waals surface area contributed by atoms with E-state index in [0.717, 1.165) is 19.6 Å². The van der Waals surface area contributed by atoms with Crippen LogP contribution in [0.15, 0.2) is 12.4 Å². The van der Waals surface area contributed by atoms with Crippen molar-refractivity contribution < 1.29 is 4.74 Å². The van der Waals surface area contributed by atoms with Crippen LogP contribution in [0.1, 0.15) is 37.8 Å². The Bertz CT molecular complexity index is 286. The van der Waals surface area contributed by atoms with E-state index >= 15 is 0 Å². The Morgan fingerprint density at radius 1 is 1.44 bits per heavy atom. The van der Waals surface area contributed by atoms with Crippen molar-refractivity contribution in [2.45, 2.75) is 32.2 Å². The van der Waals surface area contributed by atoms with Crippen molar-refractivity contribution >= 4 is 0 Å². The Balaban J connectivity index is 2.09. The molecule has 4 nitrogen and oxygen atoms in total. The van der Waals surface area contributed by atoms with Crippen molar-refractivity contribution in [3.63, 3.8) is 0 Å². The molecule has 0 saturated heterocycles. The smallest absolute Gasteiger partial charge is 0.0537 e. The lowest BCUT2D eigenvalue weighted by Crippen LogP contribution is -2.19. The Hall–Kier alpha value is -0.870. The maximum Gasteiger partial charge on any atom is 0.0537 e. The fraction of sp³-hybridized carbons (Fsp3) is 0.750. The van der Waals surface area contributed by atoms with Crippen LogP contribution in [0.3, 0.4) is 0 Å². The molecule has 0 saturated carbocycles. The average Bonchev–Trinajstić information content (AvgIpc) is 2.70. The maximum absolute atomic E-state index is 5.01. The molecule has 1 aromatic heterocycles. The van der Waals surface area contributed by atoms with Gasteiger partial charge in [0.1, 0.15) is 0 Å². The summed E-state index contributed by atoms with van der Waals surface area (Å²) in [4.78, 5) is 0. The van der Waals surface area contributed by atoms with Gasteiger partial charge in [-0.3, -0.25) is 4.68 Å². The minimum atomic E-state index is 0.385. The third-order valence-corrected chi connectivity index (χ3v) is 2.70. The van der Waals surface area contributed by atoms with E-state index in [9.17, 15) is 0 Å². The molecule has 1 rings (SSSR count). The average molecular weight is 225 g/mol. The number of unbranched alkanes of at least 4 members (excludes halogenated alkanes) is 2. The zero-order chi connectivity index (χ0) is 11.8. The van der Waals surface area contributed by atoms with Crippen LogP contribution in [0.2, 0.25) is 0 Å². The highest BCUT2D eigenvalue weighted by atomic mass is 16.5. The molecule has 0 radical (unpaired) electrons. The van der Waals surface area contributed by atoms with Crippen LogP contribution in [-0.4, -0.2) is 30.0 Å². The van der Waals surface area contributed by atoms with Crippen LogP contribution in [0.4, 0.5) is 0 Å². The molecular weight excluding hydrogens is 202 g/mol. The zero-order valence-corrected chi connectivity index (χ0v) is 10.6. The second kappa shape index (κ2) is 7.41. The van der Waals surface area contributed by atoms with Gasteiger partial charge in [-0.1, -0.05) is 0 Å². The fourth-order valence-electron chi connectivity index (χ4n) is 1.65. The van der Waals surface area contributed by atoms with Crippen molar-refractivity contribution in [3.8, 4) is 0 Å². The zero-order valence-electron chi connectivity index (χ0n) is 10.6. The van der Waals surface area contributed by atoms with Gasteiger partial charge in [-0.2, -0.15) is 5.10 Å². The molecule has 1 aromatic rings. The summed E-state index contributed by atoms with van der Waals surface area (Å²) in [7, 11) is 3.70. The van der Waals surface area contributed by atoms with Crippen molar-refractivity contribution in [1.29, 1.82) is 0 Å². The number of aromatic nitrogens is 2. The third-order valence-electron chi connectivity index (χ3n) is 2.70. The molecule has 1 heterocycles. The first kappa shape index (κ1) is 13.2. The molecule has 0 aliphatic carbocycles. The number of aryl methyl sites for hydroxylation is 1. The number of hydrogen-bond donors (Lipinski definition) is 1. The minimum absolute atomic E-state index is 0.385. The molecule has 4 heteroatoms. The number of ether oxygens (including phenoxy) is 1. The fourth-order valence-corrected chi connectivity index (χ4v) is 1.65. The molecule has 92 valence electrons. The number of nitrogens with one attached hydrogen (secondary N) is 1. The van der Waals surface area contributed by atoms with Gasteiger partial charge < -0.3 is 10.1 Å². The summed E-state index contributed by atoms with van der Waals surface area (Å²) >= 11 is 0. The van der Waals surface area contributed by atoms with Crippen LogP contribution in [0.5, 0.6) is 0 Å². The highest BCUT2D eigenvalue weighted by molar-refractivity contribution is 5.08. The second-order valence-electron chi connectivity index (χ2n) is 4.18. The summed E-state index contributed by atoms with van der Waals surface area (Å²) in [5.74, 6) is 0. The van der Waals surface area contributed by atoms with Crippen LogP contribution in [0.25, 0.3) is 0 Å². The quantitative estimate of drug-likeness (QED) is 0.687. The van der Waals surface area contributed by atoms with Gasteiger partial charge in [-0.15, -0.1) is 0 Å². The minimum Gasteiger partial charge on any atom is -0.385 e. The van der Waals surface area contributed by atoms with E-state index < -0.39 is 0 Å². The van der Waals surface area contributed by atoms with Crippen molar-refractivity contribution in [3.05, 3.63) is 18.0 Å². The highest BCUT2D eigenvalue weighted by Gasteiger charge is 2.05. The van der Waals surface area contributed by atoms with E-state index in [-0.39, 0.29) is 0 Å². The summed E-state index contributed by atoms with van der Waals surface area (Å²) in [6.07, 6.45) is 7.55. The van der Waals surface area contributed by atoms with Gasteiger partial charge in [0.25, 0.3) is 0 Å². The second-order valence-corrected chi connectivity index (χ2v) is 4.18. The van der Waals surface area contributed by atoms with Crippen LogP contribution in [0, 0.1) is 0 Å². The molecule has 0 aliphatic heterocycles. The number of methoxy groups -OCH3 is 1. The standard InChI is InChI=1S/C12H23N3O/c1-11(12-9-14-15(2)10-12)13-7-5-4-6-8-16-3/h9-11,13H,4-8H2,1-3H3. The number of nitrogens with zero attached hydrogens (tertiary/aromatic N) is 2. The highest BCUT2D eigenvalue weighted by Crippen LogP contribution is 2.10. The van der Waals surface area contributed by atoms with Gasteiger partial charge >= 0.3 is 0 Å². The molecule has 1 N–H and O–H groups in total. The van der Waals surface area contributed by atoms with Gasteiger partial charge in [0.05, 0.1) is 6.20 Å². The van der Waals surface area contributed by atoms with Gasteiger partial charge in [0, 0.05) is 38.6 Å². The Kier molecular flexibility index (Phi) is 6.11. The van der Waals surface area contributed by atoms with Crippen LogP contribution >= 0.6 is 0 Å². The first-order valence-corrected chi connectivity index (χ1v) is 5.95. The van der Waals surface area contributed by atoms with E-state index in [1.807, 2.05) is 17.9 Å². The molecule has 0 aromatic carbocycles. The number of hydrogen-bond acceptors (Lipinski definition) is 3. The van der Waals surface area contributed by atoms with E-state index in [1.165, 1.54) is 18.4 Å². The molecule has 0 spiro atoms. The lowest BCUT2D eigenvalue weighted by Gasteiger charge is -2.11. The van der Waals surface area contributed by atoms with E-state index in [1.54, 1.807) is 7.11 Å². The molecule has 0 bridgehead atoms. The topological polar surface area (TPSA) is 39.1 Å². The van der Waals surface area contributed by atoms with Crippen molar-refractivity contribution in [1.82, 2.24) is 15.1 Å². The monoisotopic (exact) mass is 225 g/mol. The Labute approximate surface area is 98.0 Å². The van der Waals surface area contributed by atoms with Gasteiger partial charge in [-0.25, -0.2) is 0 Å². The van der Waals surface area contributed by atoms with Gasteiger partial charge in [0.2, 0.25) is 0 Å². The predicted octanol–water partition coefficient (Wildman–Crippen LogP) is 1.89. The van der Waals surface area contributed by atoms with Crippen LogP contribution < -0.4 is 5.32 Å². The summed E-state index contributed by atoms with van der Waals surface area (Å²) < 4.78 is 6.85. The molecule has 1 atom stereocenters. The normalized spacial score (nSPS) is 12.9. The molecule has 0 aliphatic rings. The van der Waals surface area contributed by atoms with Crippen molar-refractivity contribution in [2.75, 3.05) is 20.3 Å². The summed E-state index contributed by atoms with van der Waals surface area (Å²) in [6, 6.07) is 0.385. The van der Waals surface area contributed by atoms with E-state index in [2.05, 4.69) is 23.5 Å². The first-order valence-electron chi connectivity index (χ1n) is 5.95. The number of rotatable bonds is 8. The molecule has 16 heavy (non-hydrogen) atoms. The third kappa shape index (κ3) is 4.77. The first-order chi connectivity index (χ1) is 7.74. The van der Waals surface area contributed by atoms with Crippen LogP contribution in [-0.2, 0) is 11.8 Å². The largest absolute Gasteiger partial charge is 0.385 e. The Morgan fingerprint density at radius 3 is 2.88 bits per heavy atom. The molecule has 0 amide bonds. The summed E-state index contributed by atoms with van der Waals surface area (Å²) in [5.41, 5.74) is 1.25. The van der Waals surface area contributed by atoms with E-state index in [4.69, 9.17) is 4.74 Å². The molecule has 1 unspecified atom stereocenters.